The predicted molar refractivity (Wildman–Crippen MR) is 159 cm³/mol. The zero-order valence-electron chi connectivity index (χ0n) is 28.9. The van der Waals surface area contributed by atoms with Crippen LogP contribution in [0.25, 0.3) is 0 Å². The van der Waals surface area contributed by atoms with E-state index in [1.165, 1.54) is 34.6 Å². The molecular weight excluding hydrogens is 636 g/mol. The van der Waals surface area contributed by atoms with Crippen molar-refractivity contribution in [2.24, 2.45) is 28.6 Å². The van der Waals surface area contributed by atoms with Gasteiger partial charge in [-0.05, 0) is 34.1 Å². The molecule has 0 aromatic heterocycles. The fraction of sp³-hybridized carbons (Fsp3) is 0.788. The largest absolute Gasteiger partial charge is 0.462 e. The van der Waals surface area contributed by atoms with Crippen molar-refractivity contribution in [2.75, 3.05) is 0 Å². The molecule has 2 N–H and O–H groups in total. The Morgan fingerprint density at radius 1 is 0.729 bits per heavy atom. The lowest BCUT2D eigenvalue weighted by atomic mass is 9.54. The maximum atomic E-state index is 13.7. The van der Waals surface area contributed by atoms with Crippen molar-refractivity contribution in [2.45, 2.75) is 136 Å². The highest BCUT2D eigenvalue weighted by Crippen LogP contribution is 2.72. The van der Waals surface area contributed by atoms with Crippen LogP contribution in [0, 0.1) is 28.6 Å². The number of fused-ring (bicyclic) bond motifs is 2. The van der Waals surface area contributed by atoms with E-state index >= 15 is 0 Å². The minimum Gasteiger partial charge on any atom is -0.462 e. The highest BCUT2D eigenvalue weighted by molar-refractivity contribution is 5.89. The second kappa shape index (κ2) is 12.1. The van der Waals surface area contributed by atoms with Crippen LogP contribution in [0.4, 0.5) is 0 Å². The second-order valence-electron chi connectivity index (χ2n) is 14.4. The fourth-order valence-corrected chi connectivity index (χ4v) is 9.67. The van der Waals surface area contributed by atoms with Crippen molar-refractivity contribution in [3.63, 3.8) is 0 Å². The Morgan fingerprint density at radius 2 is 1.25 bits per heavy atom. The van der Waals surface area contributed by atoms with Gasteiger partial charge >= 0.3 is 35.8 Å². The van der Waals surface area contributed by atoms with Gasteiger partial charge in [-0.1, -0.05) is 6.92 Å². The third-order valence-corrected chi connectivity index (χ3v) is 11.2. The number of Topliss-reactive ketones (excluding diaryl/α,β-unsaturated/α-hetero) is 1. The van der Waals surface area contributed by atoms with Crippen molar-refractivity contribution in [1.82, 2.24) is 0 Å². The number of rotatable bonds is 7. The third kappa shape index (κ3) is 5.19. The molecule has 0 aliphatic heterocycles. The van der Waals surface area contributed by atoms with Gasteiger partial charge in [0.05, 0.1) is 16.4 Å². The molecule has 0 heterocycles. The number of carbonyl (C=O) groups is 7. The maximum absolute atomic E-state index is 13.7. The molecule has 0 aromatic carbocycles. The van der Waals surface area contributed by atoms with Gasteiger partial charge in [0.25, 0.3) is 0 Å². The molecule has 0 amide bonds. The first kappa shape index (κ1) is 37.2. The summed E-state index contributed by atoms with van der Waals surface area (Å²) in [5.74, 6) is -10.1. The first-order valence-electron chi connectivity index (χ1n) is 16.0. The third-order valence-electron chi connectivity index (χ3n) is 11.2. The Balaban J connectivity index is 2.32. The van der Waals surface area contributed by atoms with Crippen molar-refractivity contribution in [1.29, 1.82) is 0 Å². The highest BCUT2D eigenvalue weighted by atomic mass is 16.6. The summed E-state index contributed by atoms with van der Waals surface area (Å²) in [6, 6.07) is 0. The van der Waals surface area contributed by atoms with E-state index in [-0.39, 0.29) is 12.8 Å². The van der Waals surface area contributed by atoms with Gasteiger partial charge in [-0.25, -0.2) is 0 Å². The smallest absolute Gasteiger partial charge is 0.305 e. The van der Waals surface area contributed by atoms with E-state index < -0.39 is 124 Å². The molecule has 0 saturated heterocycles. The van der Waals surface area contributed by atoms with Crippen molar-refractivity contribution < 1.29 is 72.2 Å². The SMILES string of the molecule is CCC(=O)O[C@@H]1[C@@H](OC(C)=O)[C@@]2(O)[C@@H](CC(=O)C2(C)C)[C@](C)(O)[C@@H]2[C@@H](OC(C)=O)C[C@@H]3[C@@H](OC(C)=O)[C@]12[C@@H](OC(C)=O)[C@@]3(C)OC(C)=O. The number of aliphatic hydroxyl groups is 2. The van der Waals surface area contributed by atoms with Crippen LogP contribution in [-0.2, 0) is 62.0 Å². The first-order valence-corrected chi connectivity index (χ1v) is 16.0. The standard InChI is InChI=1S/C33H46O15/c1-11-23(40)47-26-27(45-16(4)36)33(42)21(13-22(39)29(33,7)8)30(9,41)24-20(43-14(2)34)12-19-25(44-15(3)35)32(24,26)28(46-17(5)37)31(19,10)48-18(6)38/h19-21,24-28,41-42H,11-13H2,1-10H3/t19-,20+,21+,24+,25-,26-,27-,28+,30+,31+,32+,33+/m1/s1. The zero-order chi connectivity index (χ0) is 36.5. The summed E-state index contributed by atoms with van der Waals surface area (Å²) >= 11 is 0. The Bertz CT molecular complexity index is 1420. The molecule has 4 fully saturated rings. The molecule has 4 aliphatic carbocycles. The lowest BCUT2D eigenvalue weighted by Crippen LogP contribution is -2.70. The lowest BCUT2D eigenvalue weighted by Gasteiger charge is -2.56. The Morgan fingerprint density at radius 3 is 1.73 bits per heavy atom. The van der Waals surface area contributed by atoms with Gasteiger partial charge in [0.2, 0.25) is 0 Å². The van der Waals surface area contributed by atoms with Crippen LogP contribution in [-0.4, -0.2) is 99.1 Å². The number of carbonyl (C=O) groups excluding carboxylic acids is 7. The zero-order valence-corrected chi connectivity index (χ0v) is 28.9. The molecule has 15 heteroatoms. The van der Waals surface area contributed by atoms with Crippen molar-refractivity contribution in [3.8, 4) is 0 Å². The van der Waals surface area contributed by atoms with Gasteiger partial charge in [0, 0.05) is 65.2 Å². The molecule has 4 rings (SSSR count). The molecule has 268 valence electrons. The number of ketones is 1. The normalized spacial score (nSPS) is 42.3. The molecule has 4 aliphatic rings. The number of hydrogen-bond donors (Lipinski definition) is 2. The van der Waals surface area contributed by atoms with Gasteiger partial charge in [0.15, 0.2) is 23.9 Å². The number of hydrogen-bond acceptors (Lipinski definition) is 15. The van der Waals surface area contributed by atoms with Crippen LogP contribution in [0.15, 0.2) is 0 Å². The van der Waals surface area contributed by atoms with E-state index in [0.29, 0.717) is 0 Å². The molecule has 0 radical (unpaired) electrons. The van der Waals surface area contributed by atoms with Gasteiger partial charge in [-0.2, -0.15) is 0 Å². The summed E-state index contributed by atoms with van der Waals surface area (Å²) in [4.78, 5) is 91.5. The summed E-state index contributed by atoms with van der Waals surface area (Å²) < 4.78 is 35.8. The number of esters is 6. The molecular formula is C33H46O15. The monoisotopic (exact) mass is 682 g/mol. The van der Waals surface area contributed by atoms with Gasteiger partial charge in [-0.3, -0.25) is 33.6 Å². The molecule has 1 spiro atoms. The molecule has 48 heavy (non-hydrogen) atoms. The maximum Gasteiger partial charge on any atom is 0.305 e. The first-order chi connectivity index (χ1) is 21.9. The average Bonchev–Trinajstić information content (AvgIpc) is 3.16. The molecule has 0 aromatic rings. The summed E-state index contributed by atoms with van der Waals surface area (Å²) in [7, 11) is 0. The lowest BCUT2D eigenvalue weighted by molar-refractivity contribution is -0.266. The Kier molecular flexibility index (Phi) is 9.37. The highest BCUT2D eigenvalue weighted by Gasteiger charge is 2.88. The Labute approximate surface area is 278 Å². The summed E-state index contributed by atoms with van der Waals surface area (Å²) in [5.41, 5.74) is -10.8. The molecule has 2 bridgehead atoms. The van der Waals surface area contributed by atoms with E-state index in [2.05, 4.69) is 0 Å². The predicted octanol–water partition coefficient (Wildman–Crippen LogP) is 1.10. The van der Waals surface area contributed by atoms with E-state index in [1.807, 2.05) is 0 Å². The van der Waals surface area contributed by atoms with Crippen LogP contribution < -0.4 is 0 Å². The average molecular weight is 683 g/mol. The van der Waals surface area contributed by atoms with Crippen molar-refractivity contribution in [3.05, 3.63) is 0 Å². The topological polar surface area (TPSA) is 215 Å². The Hall–Kier alpha value is -3.59. The quantitative estimate of drug-likeness (QED) is 0.284. The second-order valence-corrected chi connectivity index (χ2v) is 14.4. The van der Waals surface area contributed by atoms with Gasteiger partial charge in [-0.15, -0.1) is 0 Å². The van der Waals surface area contributed by atoms with Crippen LogP contribution in [0.5, 0.6) is 0 Å². The van der Waals surface area contributed by atoms with Crippen molar-refractivity contribution >= 4 is 41.6 Å². The van der Waals surface area contributed by atoms with Crippen LogP contribution in [0.2, 0.25) is 0 Å². The summed E-state index contributed by atoms with van der Waals surface area (Å²) in [6.07, 6.45) is -9.63. The molecule has 0 unspecified atom stereocenters. The van der Waals surface area contributed by atoms with Crippen LogP contribution in [0.1, 0.15) is 88.5 Å². The van der Waals surface area contributed by atoms with E-state index in [0.717, 1.165) is 34.6 Å². The van der Waals surface area contributed by atoms with E-state index in [9.17, 15) is 43.8 Å². The van der Waals surface area contributed by atoms with Gasteiger partial charge < -0.3 is 38.6 Å². The van der Waals surface area contributed by atoms with E-state index in [1.54, 1.807) is 0 Å². The summed E-state index contributed by atoms with van der Waals surface area (Å²) in [5, 5.41) is 26.0. The van der Waals surface area contributed by atoms with Gasteiger partial charge in [0.1, 0.15) is 23.6 Å². The molecule has 15 nitrogen and oxygen atoms in total. The summed E-state index contributed by atoms with van der Waals surface area (Å²) in [6.45, 7) is 12.3. The van der Waals surface area contributed by atoms with E-state index in [4.69, 9.17) is 28.4 Å². The number of ether oxygens (including phenoxy) is 6. The molecule has 12 atom stereocenters. The van der Waals surface area contributed by atoms with Crippen LogP contribution >= 0.6 is 0 Å². The molecule has 4 saturated carbocycles. The van der Waals surface area contributed by atoms with Crippen LogP contribution in [0.3, 0.4) is 0 Å². The fourth-order valence-electron chi connectivity index (χ4n) is 9.67. The minimum absolute atomic E-state index is 0.253. The minimum atomic E-state index is -2.50.